The van der Waals surface area contributed by atoms with Gasteiger partial charge in [-0.2, -0.15) is 13.2 Å². The maximum absolute atomic E-state index is 12.6. The average Bonchev–Trinajstić information content (AvgIpc) is 3.31. The minimum absolute atomic E-state index is 0.228. The van der Waals surface area contributed by atoms with Crippen molar-refractivity contribution in [2.75, 3.05) is 18.9 Å². The van der Waals surface area contributed by atoms with E-state index in [1.807, 2.05) is 18.2 Å². The molecule has 1 amide bonds. The van der Waals surface area contributed by atoms with Gasteiger partial charge in [-0.05, 0) is 53.9 Å². The molecule has 0 aliphatic rings. The first-order valence-corrected chi connectivity index (χ1v) is 9.89. The van der Waals surface area contributed by atoms with Crippen molar-refractivity contribution in [1.29, 1.82) is 0 Å². The standard InChI is InChI=1S/C23H23F3N4O2/c1-27-22(28-12-11-16-7-9-18(10-8-16)23(24,25)26)29-15-17-4-2-5-19(14-17)30-21(31)20-6-3-13-32-20/h2-10,13-14H,11-12,15H2,1H3,(H,30,31)(H2,27,28,29). The molecule has 3 N–H and O–H groups in total. The van der Waals surface area contributed by atoms with Crippen molar-refractivity contribution in [3.8, 4) is 0 Å². The molecular formula is C23H23F3N4O2. The predicted molar refractivity (Wildman–Crippen MR) is 116 cm³/mol. The summed E-state index contributed by atoms with van der Waals surface area (Å²) < 4.78 is 43.0. The van der Waals surface area contributed by atoms with Gasteiger partial charge in [0.2, 0.25) is 0 Å². The number of furan rings is 1. The van der Waals surface area contributed by atoms with E-state index in [0.29, 0.717) is 31.2 Å². The number of aliphatic imine (C=N–C) groups is 1. The van der Waals surface area contributed by atoms with Crippen LogP contribution in [0.2, 0.25) is 0 Å². The van der Waals surface area contributed by atoms with Crippen LogP contribution in [0.4, 0.5) is 18.9 Å². The summed E-state index contributed by atoms with van der Waals surface area (Å²) in [5.74, 6) is 0.453. The van der Waals surface area contributed by atoms with Gasteiger partial charge < -0.3 is 20.4 Å². The fraction of sp³-hybridized carbons (Fsp3) is 0.217. The first-order chi connectivity index (χ1) is 15.3. The molecule has 1 aromatic heterocycles. The molecule has 0 radical (unpaired) electrons. The van der Waals surface area contributed by atoms with Crippen molar-refractivity contribution in [3.05, 3.63) is 89.4 Å². The maximum Gasteiger partial charge on any atom is 0.416 e. The van der Waals surface area contributed by atoms with E-state index in [1.165, 1.54) is 18.4 Å². The van der Waals surface area contributed by atoms with Crippen LogP contribution in [0.15, 0.2) is 76.3 Å². The third-order valence-electron chi connectivity index (χ3n) is 4.60. The second kappa shape index (κ2) is 10.5. The van der Waals surface area contributed by atoms with E-state index < -0.39 is 11.7 Å². The Bertz CT molecular complexity index is 1050. The lowest BCUT2D eigenvalue weighted by atomic mass is 10.1. The first-order valence-electron chi connectivity index (χ1n) is 9.89. The molecule has 32 heavy (non-hydrogen) atoms. The second-order valence-corrected chi connectivity index (χ2v) is 6.93. The Kier molecular flexibility index (Phi) is 7.54. The van der Waals surface area contributed by atoms with E-state index >= 15 is 0 Å². The number of amides is 1. The third kappa shape index (κ3) is 6.63. The molecule has 0 unspecified atom stereocenters. The number of anilines is 1. The summed E-state index contributed by atoms with van der Waals surface area (Å²) in [6, 6.07) is 15.7. The molecule has 0 atom stereocenters. The van der Waals surface area contributed by atoms with Crippen molar-refractivity contribution in [2.45, 2.75) is 19.1 Å². The van der Waals surface area contributed by atoms with Gasteiger partial charge >= 0.3 is 6.18 Å². The van der Waals surface area contributed by atoms with E-state index in [-0.39, 0.29) is 11.7 Å². The van der Waals surface area contributed by atoms with Gasteiger partial charge in [0.25, 0.3) is 5.91 Å². The monoisotopic (exact) mass is 444 g/mol. The summed E-state index contributed by atoms with van der Waals surface area (Å²) in [6.07, 6.45) is -2.35. The number of halogens is 3. The van der Waals surface area contributed by atoms with Crippen LogP contribution in [0.3, 0.4) is 0 Å². The zero-order valence-electron chi connectivity index (χ0n) is 17.4. The lowest BCUT2D eigenvalue weighted by Crippen LogP contribution is -2.37. The summed E-state index contributed by atoms with van der Waals surface area (Å²) in [4.78, 5) is 16.2. The van der Waals surface area contributed by atoms with Gasteiger partial charge in [-0.3, -0.25) is 9.79 Å². The summed E-state index contributed by atoms with van der Waals surface area (Å²) in [5, 5.41) is 9.08. The predicted octanol–water partition coefficient (Wildman–Crippen LogP) is 4.46. The van der Waals surface area contributed by atoms with Crippen LogP contribution in [-0.4, -0.2) is 25.5 Å². The van der Waals surface area contributed by atoms with Crippen LogP contribution < -0.4 is 16.0 Å². The minimum Gasteiger partial charge on any atom is -0.459 e. The number of guanidine groups is 1. The molecule has 0 fully saturated rings. The molecule has 6 nitrogen and oxygen atoms in total. The number of hydrogen-bond acceptors (Lipinski definition) is 3. The zero-order chi connectivity index (χ0) is 23.0. The summed E-state index contributed by atoms with van der Waals surface area (Å²) >= 11 is 0. The third-order valence-corrected chi connectivity index (χ3v) is 4.60. The summed E-state index contributed by atoms with van der Waals surface area (Å²) in [6.45, 7) is 0.967. The van der Waals surface area contributed by atoms with Gasteiger partial charge in [-0.15, -0.1) is 0 Å². The molecule has 0 saturated carbocycles. The molecule has 168 valence electrons. The number of carbonyl (C=O) groups is 1. The van der Waals surface area contributed by atoms with E-state index in [0.717, 1.165) is 23.3 Å². The number of carbonyl (C=O) groups excluding carboxylic acids is 1. The largest absolute Gasteiger partial charge is 0.459 e. The molecule has 0 aliphatic heterocycles. The number of rotatable bonds is 7. The van der Waals surface area contributed by atoms with Crippen molar-refractivity contribution in [2.24, 2.45) is 4.99 Å². The normalized spacial score (nSPS) is 11.8. The van der Waals surface area contributed by atoms with Gasteiger partial charge in [-0.25, -0.2) is 0 Å². The fourth-order valence-corrected chi connectivity index (χ4v) is 2.95. The van der Waals surface area contributed by atoms with Crippen molar-refractivity contribution < 1.29 is 22.4 Å². The number of nitrogens with one attached hydrogen (secondary N) is 3. The highest BCUT2D eigenvalue weighted by atomic mass is 19.4. The van der Waals surface area contributed by atoms with E-state index in [2.05, 4.69) is 20.9 Å². The van der Waals surface area contributed by atoms with Gasteiger partial charge in [0.1, 0.15) is 0 Å². The Morgan fingerprint density at radius 2 is 1.78 bits per heavy atom. The van der Waals surface area contributed by atoms with Gasteiger partial charge in [-0.1, -0.05) is 24.3 Å². The zero-order valence-corrected chi connectivity index (χ0v) is 17.4. The van der Waals surface area contributed by atoms with E-state index in [1.54, 1.807) is 25.2 Å². The number of alkyl halides is 3. The molecule has 0 bridgehead atoms. The van der Waals surface area contributed by atoms with Crippen LogP contribution in [0.25, 0.3) is 0 Å². The summed E-state index contributed by atoms with van der Waals surface area (Å²) in [7, 11) is 1.63. The SMILES string of the molecule is CN=C(NCCc1ccc(C(F)(F)F)cc1)NCc1cccc(NC(=O)c2ccco2)c1. The fourth-order valence-electron chi connectivity index (χ4n) is 2.95. The molecule has 3 aromatic rings. The number of hydrogen-bond donors (Lipinski definition) is 3. The summed E-state index contributed by atoms with van der Waals surface area (Å²) in [5.41, 5.74) is 1.69. The Balaban J connectivity index is 1.46. The first kappa shape index (κ1) is 22.9. The molecule has 3 rings (SSSR count). The molecule has 1 heterocycles. The quantitative estimate of drug-likeness (QED) is 0.372. The Morgan fingerprint density at radius 3 is 2.44 bits per heavy atom. The van der Waals surface area contributed by atoms with Crippen LogP contribution in [-0.2, 0) is 19.1 Å². The molecule has 0 saturated heterocycles. The van der Waals surface area contributed by atoms with Gasteiger partial charge in [0.05, 0.1) is 11.8 Å². The average molecular weight is 444 g/mol. The highest BCUT2D eigenvalue weighted by Gasteiger charge is 2.29. The molecule has 0 aliphatic carbocycles. The molecular weight excluding hydrogens is 421 g/mol. The second-order valence-electron chi connectivity index (χ2n) is 6.93. The maximum atomic E-state index is 12.6. The van der Waals surface area contributed by atoms with Crippen molar-refractivity contribution in [3.63, 3.8) is 0 Å². The number of nitrogens with zero attached hydrogens (tertiary/aromatic N) is 1. The van der Waals surface area contributed by atoms with Crippen LogP contribution >= 0.6 is 0 Å². The van der Waals surface area contributed by atoms with Gasteiger partial charge in [0, 0.05) is 25.8 Å². The minimum atomic E-state index is -4.33. The van der Waals surface area contributed by atoms with Crippen molar-refractivity contribution >= 4 is 17.6 Å². The van der Waals surface area contributed by atoms with E-state index in [4.69, 9.17) is 4.42 Å². The highest BCUT2D eigenvalue weighted by molar-refractivity contribution is 6.02. The van der Waals surface area contributed by atoms with E-state index in [9.17, 15) is 18.0 Å². The van der Waals surface area contributed by atoms with Crippen LogP contribution in [0, 0.1) is 0 Å². The smallest absolute Gasteiger partial charge is 0.416 e. The number of benzene rings is 2. The molecule has 2 aromatic carbocycles. The lowest BCUT2D eigenvalue weighted by molar-refractivity contribution is -0.137. The van der Waals surface area contributed by atoms with Crippen LogP contribution in [0.5, 0.6) is 0 Å². The molecule has 0 spiro atoms. The topological polar surface area (TPSA) is 78.7 Å². The highest BCUT2D eigenvalue weighted by Crippen LogP contribution is 2.29. The Labute approximate surface area is 183 Å². The Hall–Kier alpha value is -3.75. The van der Waals surface area contributed by atoms with Crippen molar-refractivity contribution in [1.82, 2.24) is 10.6 Å². The lowest BCUT2D eigenvalue weighted by Gasteiger charge is -2.13. The Morgan fingerprint density at radius 1 is 1.00 bits per heavy atom. The molecule has 9 heteroatoms. The van der Waals surface area contributed by atoms with Crippen LogP contribution in [0.1, 0.15) is 27.2 Å². The van der Waals surface area contributed by atoms with Gasteiger partial charge in [0.15, 0.2) is 11.7 Å².